The van der Waals surface area contributed by atoms with E-state index in [-0.39, 0.29) is 30.5 Å². The van der Waals surface area contributed by atoms with Gasteiger partial charge in [-0.2, -0.15) is 0 Å². The zero-order valence-corrected chi connectivity index (χ0v) is 14.1. The minimum absolute atomic E-state index is 0. The van der Waals surface area contributed by atoms with Crippen molar-refractivity contribution in [1.29, 1.82) is 0 Å². The van der Waals surface area contributed by atoms with Crippen LogP contribution >= 0.6 is 28.3 Å². The van der Waals surface area contributed by atoms with E-state index < -0.39 is 5.82 Å². The first kappa shape index (κ1) is 18.4. The second-order valence-corrected chi connectivity index (χ2v) is 5.84. The summed E-state index contributed by atoms with van der Waals surface area (Å²) in [7, 11) is 1.67. The number of nitrogens with two attached hydrogens (primary N) is 1. The lowest BCUT2D eigenvalue weighted by Gasteiger charge is -2.38. The molecule has 7 heteroatoms. The zero-order valence-electron chi connectivity index (χ0n) is 11.7. The summed E-state index contributed by atoms with van der Waals surface area (Å²) in [6.07, 6.45) is 1.62. The van der Waals surface area contributed by atoms with Gasteiger partial charge in [0.15, 0.2) is 0 Å². The van der Waals surface area contributed by atoms with Crippen LogP contribution in [0, 0.1) is 5.82 Å². The van der Waals surface area contributed by atoms with Crippen LogP contribution in [0.1, 0.15) is 23.2 Å². The van der Waals surface area contributed by atoms with Crippen molar-refractivity contribution in [2.75, 3.05) is 20.2 Å². The first-order valence-corrected chi connectivity index (χ1v) is 7.34. The molecule has 1 heterocycles. The quantitative estimate of drug-likeness (QED) is 0.875. The first-order chi connectivity index (χ1) is 9.55. The number of benzene rings is 1. The molecule has 0 aliphatic carbocycles. The van der Waals surface area contributed by atoms with Gasteiger partial charge in [0.25, 0.3) is 5.91 Å². The lowest BCUT2D eigenvalue weighted by Crippen LogP contribution is -2.51. The third kappa shape index (κ3) is 4.39. The highest BCUT2D eigenvalue weighted by Crippen LogP contribution is 2.23. The number of carbonyl (C=O) groups excluding carboxylic acids is 1. The normalized spacial score (nSPS) is 21.8. The van der Waals surface area contributed by atoms with E-state index in [0.717, 1.165) is 12.8 Å². The lowest BCUT2D eigenvalue weighted by atomic mass is 9.98. The van der Waals surface area contributed by atoms with Crippen LogP contribution in [0.25, 0.3) is 0 Å². The Bertz CT molecular complexity index is 484. The van der Waals surface area contributed by atoms with Gasteiger partial charge in [-0.15, -0.1) is 12.4 Å². The number of hydrogen-bond donors (Lipinski definition) is 1. The van der Waals surface area contributed by atoms with Crippen molar-refractivity contribution in [3.63, 3.8) is 0 Å². The third-order valence-electron chi connectivity index (χ3n) is 3.64. The van der Waals surface area contributed by atoms with E-state index in [1.165, 1.54) is 12.1 Å². The fourth-order valence-corrected chi connectivity index (χ4v) is 3.03. The number of rotatable bonds is 3. The molecule has 1 fully saturated rings. The Morgan fingerprint density at radius 2 is 2.24 bits per heavy atom. The molecule has 0 spiro atoms. The molecule has 21 heavy (non-hydrogen) atoms. The molecule has 2 unspecified atom stereocenters. The second kappa shape index (κ2) is 8.08. The zero-order chi connectivity index (χ0) is 14.7. The molecular formula is C14H19BrClFN2O2. The molecular weight excluding hydrogens is 363 g/mol. The van der Waals surface area contributed by atoms with E-state index in [4.69, 9.17) is 10.5 Å². The van der Waals surface area contributed by atoms with E-state index in [0.29, 0.717) is 23.1 Å². The van der Waals surface area contributed by atoms with E-state index in [2.05, 4.69) is 15.9 Å². The lowest BCUT2D eigenvalue weighted by molar-refractivity contribution is 0.0139. The van der Waals surface area contributed by atoms with Crippen molar-refractivity contribution in [3.8, 4) is 0 Å². The standard InChI is InChI=1S/C14H18BrFN2O2.ClH/c1-20-13-2-3-18(12(7-13)8-17)14(19)9-4-10(15)6-11(16)5-9;/h4-6,12-13H,2-3,7-8,17H2,1H3;1H. The Balaban J connectivity index is 0.00000220. The molecule has 0 aromatic heterocycles. The summed E-state index contributed by atoms with van der Waals surface area (Å²) in [5.41, 5.74) is 6.09. The summed E-state index contributed by atoms with van der Waals surface area (Å²) in [5.74, 6) is -0.617. The van der Waals surface area contributed by atoms with Gasteiger partial charge in [0, 0.05) is 36.3 Å². The highest BCUT2D eigenvalue weighted by Gasteiger charge is 2.31. The van der Waals surface area contributed by atoms with E-state index in [1.807, 2.05) is 0 Å². The van der Waals surface area contributed by atoms with E-state index in [9.17, 15) is 9.18 Å². The number of halogens is 3. The molecule has 1 amide bonds. The number of nitrogens with zero attached hydrogens (tertiary/aromatic N) is 1. The molecule has 0 radical (unpaired) electrons. The van der Waals surface area contributed by atoms with Crippen LogP contribution in [-0.4, -0.2) is 43.2 Å². The molecule has 1 aliphatic heterocycles. The number of methoxy groups -OCH3 is 1. The van der Waals surface area contributed by atoms with Crippen molar-refractivity contribution in [1.82, 2.24) is 4.90 Å². The average Bonchev–Trinajstić information content (AvgIpc) is 2.44. The minimum atomic E-state index is -0.432. The summed E-state index contributed by atoms with van der Waals surface area (Å²) < 4.78 is 19.3. The van der Waals surface area contributed by atoms with Gasteiger partial charge in [0.1, 0.15) is 5.82 Å². The SMILES string of the molecule is COC1CCN(C(=O)c2cc(F)cc(Br)c2)C(CN)C1.Cl. The number of ether oxygens (including phenoxy) is 1. The maximum absolute atomic E-state index is 13.4. The highest BCUT2D eigenvalue weighted by atomic mass is 79.9. The van der Waals surface area contributed by atoms with Gasteiger partial charge in [-0.1, -0.05) is 15.9 Å². The Kier molecular flexibility index (Phi) is 7.06. The number of amides is 1. The summed E-state index contributed by atoms with van der Waals surface area (Å²) in [6.45, 7) is 0.954. The third-order valence-corrected chi connectivity index (χ3v) is 4.10. The molecule has 2 atom stereocenters. The minimum Gasteiger partial charge on any atom is -0.381 e. The second-order valence-electron chi connectivity index (χ2n) is 4.93. The number of likely N-dealkylation sites (tertiary alicyclic amines) is 1. The molecule has 118 valence electrons. The Hall–Kier alpha value is -0.690. The van der Waals surface area contributed by atoms with Crippen molar-refractivity contribution in [2.24, 2.45) is 5.73 Å². The van der Waals surface area contributed by atoms with Gasteiger partial charge < -0.3 is 15.4 Å². The fourth-order valence-electron chi connectivity index (χ4n) is 2.56. The predicted octanol–water partition coefficient (Wildman–Crippen LogP) is 2.59. The van der Waals surface area contributed by atoms with Crippen molar-refractivity contribution < 1.29 is 13.9 Å². The molecule has 1 saturated heterocycles. The largest absolute Gasteiger partial charge is 0.381 e. The van der Waals surface area contributed by atoms with Gasteiger partial charge >= 0.3 is 0 Å². The highest BCUT2D eigenvalue weighted by molar-refractivity contribution is 9.10. The van der Waals surface area contributed by atoms with Crippen LogP contribution in [0.2, 0.25) is 0 Å². The van der Waals surface area contributed by atoms with Gasteiger partial charge in [-0.05, 0) is 31.0 Å². The molecule has 0 bridgehead atoms. The maximum atomic E-state index is 13.4. The predicted molar refractivity (Wildman–Crippen MR) is 85.3 cm³/mol. The van der Waals surface area contributed by atoms with Gasteiger partial charge in [0.05, 0.1) is 6.10 Å². The molecule has 1 aromatic rings. The number of carbonyl (C=O) groups is 1. The monoisotopic (exact) mass is 380 g/mol. The number of hydrogen-bond acceptors (Lipinski definition) is 3. The smallest absolute Gasteiger partial charge is 0.254 e. The molecule has 1 aromatic carbocycles. The van der Waals surface area contributed by atoms with Gasteiger partial charge in [0.2, 0.25) is 0 Å². The summed E-state index contributed by atoms with van der Waals surface area (Å²) >= 11 is 3.20. The number of piperidine rings is 1. The summed E-state index contributed by atoms with van der Waals surface area (Å²) in [6, 6.07) is 4.14. The first-order valence-electron chi connectivity index (χ1n) is 6.55. The topological polar surface area (TPSA) is 55.6 Å². The molecule has 0 saturated carbocycles. The average molecular weight is 382 g/mol. The van der Waals surface area contributed by atoms with Crippen molar-refractivity contribution in [2.45, 2.75) is 25.0 Å². The Morgan fingerprint density at radius 3 is 2.81 bits per heavy atom. The fraction of sp³-hybridized carbons (Fsp3) is 0.500. The maximum Gasteiger partial charge on any atom is 0.254 e. The molecule has 2 N–H and O–H groups in total. The molecule has 1 aliphatic rings. The van der Waals surface area contributed by atoms with Crippen molar-refractivity contribution in [3.05, 3.63) is 34.1 Å². The van der Waals surface area contributed by atoms with Crippen LogP contribution in [-0.2, 0) is 4.74 Å². The van der Waals surface area contributed by atoms with Gasteiger partial charge in [-0.25, -0.2) is 4.39 Å². The Morgan fingerprint density at radius 1 is 1.52 bits per heavy atom. The van der Waals surface area contributed by atoms with E-state index >= 15 is 0 Å². The van der Waals surface area contributed by atoms with E-state index in [1.54, 1.807) is 18.1 Å². The van der Waals surface area contributed by atoms with Crippen LogP contribution < -0.4 is 5.73 Å². The van der Waals surface area contributed by atoms with Crippen LogP contribution in [0.3, 0.4) is 0 Å². The Labute approximate surface area is 138 Å². The summed E-state index contributed by atoms with van der Waals surface area (Å²) in [4.78, 5) is 14.2. The van der Waals surface area contributed by atoms with Gasteiger partial charge in [-0.3, -0.25) is 4.79 Å². The summed E-state index contributed by atoms with van der Waals surface area (Å²) in [5, 5.41) is 0. The van der Waals surface area contributed by atoms with Crippen LogP contribution in [0.5, 0.6) is 0 Å². The molecule has 2 rings (SSSR count). The van der Waals surface area contributed by atoms with Crippen LogP contribution in [0.15, 0.2) is 22.7 Å². The van der Waals surface area contributed by atoms with Crippen LogP contribution in [0.4, 0.5) is 4.39 Å². The molecule has 4 nitrogen and oxygen atoms in total. The van der Waals surface area contributed by atoms with Crippen molar-refractivity contribution >= 4 is 34.2 Å².